The highest BCUT2D eigenvalue weighted by Crippen LogP contribution is 2.11. The Balaban J connectivity index is 2.25. The zero-order valence-corrected chi connectivity index (χ0v) is 11.3. The van der Waals surface area contributed by atoms with E-state index in [1.54, 1.807) is 0 Å². The lowest BCUT2D eigenvalue weighted by molar-refractivity contribution is 0.192. The molecule has 1 aliphatic rings. The minimum atomic E-state index is 0.877. The standard InChI is InChI=1S/C13H29N3/c1-4-8-16(10-9-15(2)3)12-13-6-5-7-14-11-13/h13-14H,4-12H2,1-3H3. The number of nitrogens with one attached hydrogen (secondary N) is 1. The third-order valence-electron chi connectivity index (χ3n) is 3.32. The molecule has 0 spiro atoms. The molecule has 1 fully saturated rings. The maximum Gasteiger partial charge on any atom is 0.0109 e. The van der Waals surface area contributed by atoms with E-state index in [4.69, 9.17) is 0 Å². The summed E-state index contributed by atoms with van der Waals surface area (Å²) in [6, 6.07) is 0. The molecule has 0 bridgehead atoms. The quantitative estimate of drug-likeness (QED) is 0.706. The summed E-state index contributed by atoms with van der Waals surface area (Å²) in [5, 5.41) is 3.51. The molecule has 1 unspecified atom stereocenters. The first-order chi connectivity index (χ1) is 7.72. The summed E-state index contributed by atoms with van der Waals surface area (Å²) in [6.45, 7) is 9.67. The molecule has 0 radical (unpaired) electrons. The molecule has 0 aromatic heterocycles. The second-order valence-electron chi connectivity index (χ2n) is 5.32. The summed E-state index contributed by atoms with van der Waals surface area (Å²) in [5.74, 6) is 0.877. The van der Waals surface area contributed by atoms with E-state index in [9.17, 15) is 0 Å². The van der Waals surface area contributed by atoms with Gasteiger partial charge in [0.1, 0.15) is 0 Å². The maximum absolute atomic E-state index is 3.51. The molecule has 0 amide bonds. The van der Waals surface area contributed by atoms with E-state index >= 15 is 0 Å². The minimum absolute atomic E-state index is 0.877. The summed E-state index contributed by atoms with van der Waals surface area (Å²) in [7, 11) is 4.32. The summed E-state index contributed by atoms with van der Waals surface area (Å²) in [5.41, 5.74) is 0. The number of rotatable bonds is 7. The number of nitrogens with zero attached hydrogens (tertiary/aromatic N) is 2. The van der Waals surface area contributed by atoms with Gasteiger partial charge in [0.25, 0.3) is 0 Å². The van der Waals surface area contributed by atoms with Crippen molar-refractivity contribution in [3.63, 3.8) is 0 Å². The Labute approximate surface area is 101 Å². The maximum atomic E-state index is 3.51. The van der Waals surface area contributed by atoms with Gasteiger partial charge in [0.05, 0.1) is 0 Å². The summed E-state index contributed by atoms with van der Waals surface area (Å²) in [4.78, 5) is 4.92. The molecule has 0 aromatic carbocycles. The molecule has 3 heteroatoms. The average Bonchev–Trinajstić information content (AvgIpc) is 2.27. The first kappa shape index (κ1) is 13.9. The van der Waals surface area contributed by atoms with E-state index in [2.05, 4.69) is 36.1 Å². The van der Waals surface area contributed by atoms with Gasteiger partial charge in [0, 0.05) is 19.6 Å². The second-order valence-corrected chi connectivity index (χ2v) is 5.32. The number of piperidine rings is 1. The zero-order valence-electron chi connectivity index (χ0n) is 11.3. The van der Waals surface area contributed by atoms with Gasteiger partial charge in [-0.2, -0.15) is 0 Å². The molecule has 16 heavy (non-hydrogen) atoms. The average molecular weight is 227 g/mol. The molecule has 3 nitrogen and oxygen atoms in total. The highest BCUT2D eigenvalue weighted by molar-refractivity contribution is 4.73. The molecule has 1 saturated heterocycles. The van der Waals surface area contributed by atoms with Crippen LogP contribution in [-0.4, -0.2) is 63.2 Å². The van der Waals surface area contributed by atoms with Crippen molar-refractivity contribution in [2.75, 3.05) is 53.4 Å². The number of hydrogen-bond donors (Lipinski definition) is 1. The fraction of sp³-hybridized carbons (Fsp3) is 1.00. The lowest BCUT2D eigenvalue weighted by Crippen LogP contribution is -2.40. The predicted octanol–water partition coefficient (Wildman–Crippen LogP) is 1.26. The van der Waals surface area contributed by atoms with Crippen LogP contribution in [0.5, 0.6) is 0 Å². The molecule has 0 aromatic rings. The largest absolute Gasteiger partial charge is 0.316 e. The molecule has 1 aliphatic heterocycles. The van der Waals surface area contributed by atoms with Gasteiger partial charge >= 0.3 is 0 Å². The minimum Gasteiger partial charge on any atom is -0.316 e. The number of hydrogen-bond acceptors (Lipinski definition) is 3. The Kier molecular flexibility index (Phi) is 7.01. The first-order valence-electron chi connectivity index (χ1n) is 6.80. The molecular weight excluding hydrogens is 198 g/mol. The molecule has 96 valence electrons. The second kappa shape index (κ2) is 8.04. The van der Waals surface area contributed by atoms with Crippen molar-refractivity contribution in [2.45, 2.75) is 26.2 Å². The van der Waals surface area contributed by atoms with Crippen LogP contribution in [0.3, 0.4) is 0 Å². The third kappa shape index (κ3) is 5.83. The van der Waals surface area contributed by atoms with Gasteiger partial charge in [-0.25, -0.2) is 0 Å². The Morgan fingerprint density at radius 3 is 2.56 bits per heavy atom. The lowest BCUT2D eigenvalue weighted by Gasteiger charge is -2.30. The van der Waals surface area contributed by atoms with Crippen LogP contribution in [0.4, 0.5) is 0 Å². The van der Waals surface area contributed by atoms with Crippen molar-refractivity contribution in [3.05, 3.63) is 0 Å². The van der Waals surface area contributed by atoms with Crippen LogP contribution in [0.2, 0.25) is 0 Å². The van der Waals surface area contributed by atoms with Crippen LogP contribution in [0.25, 0.3) is 0 Å². The summed E-state index contributed by atoms with van der Waals surface area (Å²) < 4.78 is 0. The van der Waals surface area contributed by atoms with Crippen molar-refractivity contribution in [2.24, 2.45) is 5.92 Å². The van der Waals surface area contributed by atoms with Crippen LogP contribution in [0.1, 0.15) is 26.2 Å². The molecular formula is C13H29N3. The van der Waals surface area contributed by atoms with E-state index in [0.717, 1.165) is 5.92 Å². The summed E-state index contributed by atoms with van der Waals surface area (Å²) >= 11 is 0. The van der Waals surface area contributed by atoms with E-state index < -0.39 is 0 Å². The SMILES string of the molecule is CCCN(CCN(C)C)CC1CCCNC1. The van der Waals surface area contributed by atoms with Gasteiger partial charge in [0.2, 0.25) is 0 Å². The topological polar surface area (TPSA) is 18.5 Å². The van der Waals surface area contributed by atoms with Gasteiger partial charge < -0.3 is 15.1 Å². The molecule has 0 saturated carbocycles. The first-order valence-corrected chi connectivity index (χ1v) is 6.80. The predicted molar refractivity (Wildman–Crippen MR) is 70.9 cm³/mol. The Hall–Kier alpha value is -0.120. The van der Waals surface area contributed by atoms with Gasteiger partial charge in [-0.3, -0.25) is 0 Å². The molecule has 0 aliphatic carbocycles. The highest BCUT2D eigenvalue weighted by Gasteiger charge is 2.16. The Morgan fingerprint density at radius 2 is 2.00 bits per heavy atom. The van der Waals surface area contributed by atoms with Gasteiger partial charge in [0.15, 0.2) is 0 Å². The smallest absolute Gasteiger partial charge is 0.0109 e. The molecule has 1 N–H and O–H groups in total. The number of likely N-dealkylation sites (N-methyl/N-ethyl adjacent to an activating group) is 1. The highest BCUT2D eigenvalue weighted by atomic mass is 15.2. The van der Waals surface area contributed by atoms with Crippen molar-refractivity contribution < 1.29 is 0 Å². The third-order valence-corrected chi connectivity index (χ3v) is 3.32. The van der Waals surface area contributed by atoms with E-state index in [1.165, 1.54) is 58.5 Å². The van der Waals surface area contributed by atoms with Crippen LogP contribution in [-0.2, 0) is 0 Å². The van der Waals surface area contributed by atoms with Crippen LogP contribution < -0.4 is 5.32 Å². The Morgan fingerprint density at radius 1 is 1.19 bits per heavy atom. The van der Waals surface area contributed by atoms with Gasteiger partial charge in [-0.15, -0.1) is 0 Å². The van der Waals surface area contributed by atoms with Crippen LogP contribution in [0, 0.1) is 5.92 Å². The molecule has 1 rings (SSSR count). The zero-order chi connectivity index (χ0) is 11.8. The molecule has 1 heterocycles. The summed E-state index contributed by atoms with van der Waals surface area (Å²) in [6.07, 6.45) is 4.04. The monoisotopic (exact) mass is 227 g/mol. The van der Waals surface area contributed by atoms with Crippen molar-refractivity contribution in [1.29, 1.82) is 0 Å². The Bertz CT molecular complexity index is 165. The van der Waals surface area contributed by atoms with Gasteiger partial charge in [-0.1, -0.05) is 6.92 Å². The lowest BCUT2D eigenvalue weighted by atomic mass is 9.99. The van der Waals surface area contributed by atoms with Crippen molar-refractivity contribution in [3.8, 4) is 0 Å². The van der Waals surface area contributed by atoms with E-state index in [-0.39, 0.29) is 0 Å². The van der Waals surface area contributed by atoms with E-state index in [1.807, 2.05) is 0 Å². The van der Waals surface area contributed by atoms with Crippen LogP contribution >= 0.6 is 0 Å². The van der Waals surface area contributed by atoms with Crippen molar-refractivity contribution in [1.82, 2.24) is 15.1 Å². The fourth-order valence-corrected chi connectivity index (χ4v) is 2.40. The van der Waals surface area contributed by atoms with Crippen LogP contribution in [0.15, 0.2) is 0 Å². The molecule has 1 atom stereocenters. The van der Waals surface area contributed by atoms with E-state index in [0.29, 0.717) is 0 Å². The van der Waals surface area contributed by atoms with Crippen molar-refractivity contribution >= 4 is 0 Å². The normalized spacial score (nSPS) is 21.9. The fourth-order valence-electron chi connectivity index (χ4n) is 2.40. The van der Waals surface area contributed by atoms with Gasteiger partial charge in [-0.05, 0) is 58.9 Å².